The second-order valence-electron chi connectivity index (χ2n) is 6.66. The van der Waals surface area contributed by atoms with Crippen LogP contribution in [0.25, 0.3) is 0 Å². The van der Waals surface area contributed by atoms with Gasteiger partial charge in [-0.25, -0.2) is 0 Å². The van der Waals surface area contributed by atoms with Gasteiger partial charge < -0.3 is 28.5 Å². The molecule has 0 spiro atoms. The van der Waals surface area contributed by atoms with Crippen molar-refractivity contribution in [3.8, 4) is 0 Å². The van der Waals surface area contributed by atoms with E-state index in [1.54, 1.807) is 24.4 Å². The van der Waals surface area contributed by atoms with Crippen LogP contribution in [-0.4, -0.2) is 72.4 Å². The van der Waals surface area contributed by atoms with Crippen molar-refractivity contribution in [1.82, 2.24) is 4.98 Å². The summed E-state index contributed by atoms with van der Waals surface area (Å²) < 4.78 is 26.5. The smallest absolute Gasteiger partial charge is 0.303 e. The van der Waals surface area contributed by atoms with Crippen molar-refractivity contribution in [2.45, 2.75) is 58.4 Å². The van der Waals surface area contributed by atoms with E-state index in [4.69, 9.17) is 28.5 Å². The maximum absolute atomic E-state index is 11.7. The van der Waals surface area contributed by atoms with E-state index in [0.717, 1.165) is 20.8 Å². The lowest BCUT2D eigenvalue weighted by molar-refractivity contribution is -0.308. The van der Waals surface area contributed by atoms with Gasteiger partial charge in [-0.05, 0) is 12.1 Å². The van der Waals surface area contributed by atoms with Crippen molar-refractivity contribution in [3.63, 3.8) is 0 Å². The number of carbonyl (C=O) groups excluding carboxylic acids is 4. The quantitative estimate of drug-likeness (QED) is 0.235. The van der Waals surface area contributed by atoms with E-state index in [-0.39, 0.29) is 6.61 Å². The molecule has 0 unspecified atom stereocenters. The predicted octanol–water partition coefficient (Wildman–Crippen LogP) is 0.515. The fraction of sp³-hybridized carbons (Fsp3) is 0.500. The molecule has 12 nitrogen and oxygen atoms in total. The first-order valence-corrected chi connectivity index (χ1v) is 9.58. The Hall–Kier alpha value is -3.54. The molecule has 0 aromatic carbocycles. The highest BCUT2D eigenvalue weighted by Gasteiger charge is 2.53. The molecule has 2 rings (SSSR count). The minimum absolute atomic E-state index is 0.359. The molecule has 1 aliphatic heterocycles. The average Bonchev–Trinajstić information content (AvgIpc) is 2.70. The van der Waals surface area contributed by atoms with Gasteiger partial charge in [-0.1, -0.05) is 11.2 Å². The standard InChI is InChI=1S/C20H24N2O10/c1-11(23)27-10-16-17(28-12(2)24)18(29-13(3)25)19(30-14(4)26)20(31-16)32-22-9-15-7-5-6-8-21-15/h5-9,16-20H,10H2,1-4H3/b22-9+/t16-,17-,18+,19-,20+/m1/s1. The molecule has 0 radical (unpaired) electrons. The monoisotopic (exact) mass is 452 g/mol. The second kappa shape index (κ2) is 11.7. The van der Waals surface area contributed by atoms with Crippen molar-refractivity contribution in [1.29, 1.82) is 0 Å². The summed E-state index contributed by atoms with van der Waals surface area (Å²) in [6, 6.07) is 5.13. The molecule has 174 valence electrons. The number of pyridine rings is 1. The SMILES string of the molecule is CC(=O)OC[C@H]1O[C@@H](O/N=C/c2ccccn2)[C@H](OC(C)=O)[C@@H](OC(C)=O)[C@@H]1OC(C)=O. The Bertz CT molecular complexity index is 844. The van der Waals surface area contributed by atoms with Gasteiger partial charge >= 0.3 is 23.9 Å². The molecule has 1 fully saturated rings. The van der Waals surface area contributed by atoms with Crippen LogP contribution < -0.4 is 0 Å². The van der Waals surface area contributed by atoms with E-state index in [0.29, 0.717) is 5.69 Å². The lowest BCUT2D eigenvalue weighted by atomic mass is 9.98. The topological polar surface area (TPSA) is 149 Å². The fourth-order valence-corrected chi connectivity index (χ4v) is 2.87. The number of oxime groups is 1. The lowest BCUT2D eigenvalue weighted by Gasteiger charge is -2.42. The van der Waals surface area contributed by atoms with Crippen LogP contribution in [0.15, 0.2) is 29.6 Å². The number of esters is 4. The zero-order valence-corrected chi connectivity index (χ0v) is 18.0. The van der Waals surface area contributed by atoms with Crippen LogP contribution in [0.1, 0.15) is 33.4 Å². The van der Waals surface area contributed by atoms with Gasteiger partial charge in [-0.3, -0.25) is 24.2 Å². The van der Waals surface area contributed by atoms with Crippen LogP contribution in [-0.2, 0) is 47.7 Å². The summed E-state index contributed by atoms with van der Waals surface area (Å²) >= 11 is 0. The highest BCUT2D eigenvalue weighted by molar-refractivity contribution is 5.76. The van der Waals surface area contributed by atoms with Crippen molar-refractivity contribution in [2.75, 3.05) is 6.61 Å². The summed E-state index contributed by atoms with van der Waals surface area (Å²) in [7, 11) is 0. The van der Waals surface area contributed by atoms with Crippen molar-refractivity contribution < 1.29 is 47.7 Å². The Labute approximate surface area is 183 Å². The summed E-state index contributed by atoms with van der Waals surface area (Å²) in [5, 5.41) is 3.79. The number of rotatable bonds is 8. The summed E-state index contributed by atoms with van der Waals surface area (Å²) in [5.41, 5.74) is 0.470. The highest BCUT2D eigenvalue weighted by atomic mass is 16.8. The number of hydrogen-bond donors (Lipinski definition) is 0. The van der Waals surface area contributed by atoms with Crippen LogP contribution >= 0.6 is 0 Å². The zero-order chi connectivity index (χ0) is 23.7. The van der Waals surface area contributed by atoms with Gasteiger partial charge in [0.05, 0.1) is 11.9 Å². The Kier molecular flexibility index (Phi) is 9.08. The third kappa shape index (κ3) is 7.61. The lowest BCUT2D eigenvalue weighted by Crippen LogP contribution is -2.62. The van der Waals surface area contributed by atoms with Crippen LogP contribution in [0.4, 0.5) is 0 Å². The highest BCUT2D eigenvalue weighted by Crippen LogP contribution is 2.30. The van der Waals surface area contributed by atoms with Gasteiger partial charge in [0.15, 0.2) is 12.2 Å². The molecule has 1 aromatic heterocycles. The van der Waals surface area contributed by atoms with E-state index < -0.39 is 54.6 Å². The number of carbonyl (C=O) groups is 4. The molecule has 1 aliphatic rings. The van der Waals surface area contributed by atoms with Gasteiger partial charge in [0, 0.05) is 33.9 Å². The third-order valence-corrected chi connectivity index (χ3v) is 3.99. The summed E-state index contributed by atoms with van der Waals surface area (Å²) in [4.78, 5) is 55.8. The summed E-state index contributed by atoms with van der Waals surface area (Å²) in [6.45, 7) is 4.21. The number of hydrogen-bond acceptors (Lipinski definition) is 12. The molecule has 1 saturated heterocycles. The van der Waals surface area contributed by atoms with E-state index in [9.17, 15) is 19.2 Å². The Morgan fingerprint density at radius 1 is 0.938 bits per heavy atom. The van der Waals surface area contributed by atoms with Crippen LogP contribution in [0.3, 0.4) is 0 Å². The molecule has 0 saturated carbocycles. The summed E-state index contributed by atoms with van der Waals surface area (Å²) in [6.07, 6.45) is -3.62. The molecule has 0 N–H and O–H groups in total. The molecule has 0 amide bonds. The Morgan fingerprint density at radius 3 is 2.12 bits per heavy atom. The minimum Gasteiger partial charge on any atom is -0.463 e. The van der Waals surface area contributed by atoms with Gasteiger partial charge in [0.1, 0.15) is 12.7 Å². The molecule has 32 heavy (non-hydrogen) atoms. The Balaban J connectivity index is 2.35. The molecule has 1 aromatic rings. The average molecular weight is 452 g/mol. The van der Waals surface area contributed by atoms with Crippen LogP contribution in [0.5, 0.6) is 0 Å². The van der Waals surface area contributed by atoms with E-state index >= 15 is 0 Å². The number of nitrogens with zero attached hydrogens (tertiary/aromatic N) is 2. The van der Waals surface area contributed by atoms with Gasteiger partial charge in [0.2, 0.25) is 6.10 Å². The predicted molar refractivity (Wildman–Crippen MR) is 105 cm³/mol. The van der Waals surface area contributed by atoms with Gasteiger partial charge in [0.25, 0.3) is 6.29 Å². The molecule has 0 aliphatic carbocycles. The molecule has 2 heterocycles. The first kappa shape index (κ1) is 24.7. The van der Waals surface area contributed by atoms with E-state index in [1.165, 1.54) is 13.1 Å². The van der Waals surface area contributed by atoms with E-state index in [1.807, 2.05) is 0 Å². The molecular weight excluding hydrogens is 428 g/mol. The first-order valence-electron chi connectivity index (χ1n) is 9.58. The van der Waals surface area contributed by atoms with Gasteiger partial charge in [-0.15, -0.1) is 0 Å². The molecule has 0 bridgehead atoms. The molecular formula is C20H24N2O10. The molecule has 5 atom stereocenters. The first-order chi connectivity index (χ1) is 15.2. The molecule has 12 heteroatoms. The van der Waals surface area contributed by atoms with Crippen molar-refractivity contribution in [3.05, 3.63) is 30.1 Å². The van der Waals surface area contributed by atoms with Gasteiger partial charge in [-0.2, -0.15) is 0 Å². The normalized spacial score (nSPS) is 24.9. The van der Waals surface area contributed by atoms with Crippen LogP contribution in [0, 0.1) is 0 Å². The maximum atomic E-state index is 11.7. The zero-order valence-electron chi connectivity index (χ0n) is 18.0. The number of ether oxygens (including phenoxy) is 5. The number of aromatic nitrogens is 1. The Morgan fingerprint density at radius 2 is 1.56 bits per heavy atom. The van der Waals surface area contributed by atoms with Crippen LogP contribution in [0.2, 0.25) is 0 Å². The fourth-order valence-electron chi connectivity index (χ4n) is 2.87. The minimum atomic E-state index is -1.39. The van der Waals surface area contributed by atoms with Crippen molar-refractivity contribution in [2.24, 2.45) is 5.16 Å². The van der Waals surface area contributed by atoms with E-state index in [2.05, 4.69) is 10.1 Å². The third-order valence-electron chi connectivity index (χ3n) is 3.99. The largest absolute Gasteiger partial charge is 0.463 e. The summed E-state index contributed by atoms with van der Waals surface area (Å²) in [5.74, 6) is -2.82. The van der Waals surface area contributed by atoms with Crippen molar-refractivity contribution >= 4 is 30.1 Å². The maximum Gasteiger partial charge on any atom is 0.303 e. The second-order valence-corrected chi connectivity index (χ2v) is 6.66.